The van der Waals surface area contributed by atoms with Crippen LogP contribution in [0.15, 0.2) is 73.3 Å². The van der Waals surface area contributed by atoms with Gasteiger partial charge in [0.05, 0.1) is 26.1 Å². The quantitative estimate of drug-likeness (QED) is 0.142. The SMILES string of the molecule is CC(=O)OC1C(OC(C)=O)[C@@H](COP(=O)(CP(=O)(O)OCc2ccccc2)OCc2ccccc2)O[C@H]1n1cnc2c(N)ncnc21. The first-order chi connectivity index (χ1) is 22.4. The van der Waals surface area contributed by atoms with Crippen molar-refractivity contribution in [3.63, 3.8) is 0 Å². The van der Waals surface area contributed by atoms with E-state index in [1.54, 1.807) is 60.7 Å². The lowest BCUT2D eigenvalue weighted by molar-refractivity contribution is -0.165. The average molecular weight is 690 g/mol. The number of benzene rings is 2. The maximum atomic E-state index is 14.1. The molecule has 18 heteroatoms. The number of carbonyl (C=O) groups is 2. The van der Waals surface area contributed by atoms with Gasteiger partial charge in [-0.15, -0.1) is 0 Å². The predicted molar refractivity (Wildman–Crippen MR) is 165 cm³/mol. The fraction of sp³-hybridized carbons (Fsp3) is 0.345. The van der Waals surface area contributed by atoms with E-state index in [-0.39, 0.29) is 30.2 Å². The number of esters is 2. The predicted octanol–water partition coefficient (Wildman–Crippen LogP) is 3.96. The van der Waals surface area contributed by atoms with Crippen molar-refractivity contribution in [3.8, 4) is 0 Å². The standard InChI is InChI=1S/C29H33N5O11P2/c1-19(35)43-25-23(45-29(26(25)44-20(2)36)34-17-33-24-27(30)31-16-32-28(24)34)15-42-47(39,41-14-22-11-7-4-8-12-22)18-46(37,38)40-13-21-9-5-3-6-10-21/h3-12,16-17,23,25-26,29H,13-15,18H2,1-2H3,(H,37,38)(H2,30,31,32)/t23-,25?,26?,29-,47?/m1/s1. The van der Waals surface area contributed by atoms with E-state index in [0.29, 0.717) is 11.1 Å². The molecule has 2 aromatic heterocycles. The number of nitrogen functional groups attached to an aromatic ring is 1. The average Bonchev–Trinajstić information content (AvgIpc) is 3.60. The largest absolute Gasteiger partial charge is 0.456 e. The molecule has 1 fully saturated rings. The molecular weight excluding hydrogens is 656 g/mol. The summed E-state index contributed by atoms with van der Waals surface area (Å²) in [5.74, 6) is -2.36. The fourth-order valence-electron chi connectivity index (χ4n) is 4.84. The summed E-state index contributed by atoms with van der Waals surface area (Å²) in [6, 6.07) is 17.4. The molecule has 3 N–H and O–H groups in total. The van der Waals surface area contributed by atoms with E-state index in [9.17, 15) is 23.6 Å². The number of carbonyl (C=O) groups excluding carboxylic acids is 2. The van der Waals surface area contributed by atoms with E-state index in [1.165, 1.54) is 17.2 Å². The molecule has 0 aliphatic carbocycles. The van der Waals surface area contributed by atoms with Gasteiger partial charge in [-0.25, -0.2) is 15.0 Å². The zero-order chi connectivity index (χ0) is 33.6. The molecule has 0 saturated carbocycles. The molecule has 0 amide bonds. The Bertz CT molecular complexity index is 1790. The maximum Gasteiger partial charge on any atom is 0.343 e. The van der Waals surface area contributed by atoms with Crippen LogP contribution in [0.4, 0.5) is 5.82 Å². The van der Waals surface area contributed by atoms with Crippen LogP contribution in [0.2, 0.25) is 0 Å². The first-order valence-corrected chi connectivity index (χ1v) is 17.8. The van der Waals surface area contributed by atoms with Crippen molar-refractivity contribution in [2.24, 2.45) is 0 Å². The molecule has 16 nitrogen and oxygen atoms in total. The number of aromatic nitrogens is 4. The Balaban J connectivity index is 1.40. The van der Waals surface area contributed by atoms with Gasteiger partial charge < -0.3 is 38.4 Å². The number of ether oxygens (including phenoxy) is 3. The Morgan fingerprint density at radius 1 is 0.872 bits per heavy atom. The molecule has 4 unspecified atom stereocenters. The first kappa shape index (κ1) is 34.3. The van der Waals surface area contributed by atoms with Gasteiger partial charge in [0.1, 0.15) is 17.9 Å². The molecule has 5 rings (SSSR count). The lowest BCUT2D eigenvalue weighted by Crippen LogP contribution is -2.40. The Kier molecular flexibility index (Phi) is 10.8. The zero-order valence-corrected chi connectivity index (χ0v) is 27.1. The minimum absolute atomic E-state index is 0.0895. The van der Waals surface area contributed by atoms with Gasteiger partial charge in [-0.1, -0.05) is 60.7 Å². The van der Waals surface area contributed by atoms with Gasteiger partial charge in [0.15, 0.2) is 35.8 Å². The van der Waals surface area contributed by atoms with Crippen LogP contribution in [0.3, 0.4) is 0 Å². The van der Waals surface area contributed by atoms with Crippen LogP contribution < -0.4 is 5.73 Å². The number of hydrogen-bond donors (Lipinski definition) is 2. The van der Waals surface area contributed by atoms with Gasteiger partial charge >= 0.3 is 27.1 Å². The Labute approximate surface area is 269 Å². The highest BCUT2D eigenvalue weighted by atomic mass is 31.2. The molecule has 6 atom stereocenters. The summed E-state index contributed by atoms with van der Waals surface area (Å²) in [5.41, 5.74) is 7.65. The Hall–Kier alpha value is -4.01. The molecule has 0 bridgehead atoms. The van der Waals surface area contributed by atoms with E-state index < -0.39 is 64.2 Å². The van der Waals surface area contributed by atoms with Gasteiger partial charge in [-0.3, -0.25) is 23.3 Å². The van der Waals surface area contributed by atoms with Crippen LogP contribution in [0.25, 0.3) is 11.2 Å². The molecule has 250 valence electrons. The van der Waals surface area contributed by atoms with E-state index in [1.807, 2.05) is 0 Å². The van der Waals surface area contributed by atoms with Crippen molar-refractivity contribution < 1.29 is 51.4 Å². The summed E-state index contributed by atoms with van der Waals surface area (Å²) < 4.78 is 62.6. The number of imidazole rings is 1. The van der Waals surface area contributed by atoms with Crippen LogP contribution in [0, 0.1) is 0 Å². The third kappa shape index (κ3) is 8.87. The van der Waals surface area contributed by atoms with Gasteiger partial charge in [-0.05, 0) is 11.1 Å². The number of nitrogens with zero attached hydrogens (tertiary/aromatic N) is 4. The maximum absolute atomic E-state index is 14.1. The van der Waals surface area contributed by atoms with E-state index >= 15 is 0 Å². The van der Waals surface area contributed by atoms with Gasteiger partial charge in [-0.2, -0.15) is 0 Å². The minimum Gasteiger partial charge on any atom is -0.456 e. The second-order valence-corrected chi connectivity index (χ2v) is 14.9. The van der Waals surface area contributed by atoms with Crippen LogP contribution in [0.5, 0.6) is 0 Å². The second-order valence-electron chi connectivity index (χ2n) is 10.5. The zero-order valence-electron chi connectivity index (χ0n) is 25.4. The third-order valence-corrected chi connectivity index (χ3v) is 11.3. The highest BCUT2D eigenvalue weighted by Gasteiger charge is 2.51. The molecule has 1 aliphatic heterocycles. The smallest absolute Gasteiger partial charge is 0.343 e. The molecule has 0 spiro atoms. The Morgan fingerprint density at radius 2 is 1.47 bits per heavy atom. The van der Waals surface area contributed by atoms with Crippen molar-refractivity contribution in [1.82, 2.24) is 19.5 Å². The first-order valence-electron chi connectivity index (χ1n) is 14.3. The number of rotatable bonds is 14. The van der Waals surface area contributed by atoms with Gasteiger partial charge in [0.25, 0.3) is 0 Å². The van der Waals surface area contributed by atoms with E-state index in [0.717, 1.165) is 13.8 Å². The summed E-state index contributed by atoms with van der Waals surface area (Å²) in [4.78, 5) is 47.4. The summed E-state index contributed by atoms with van der Waals surface area (Å²) >= 11 is 0. The molecule has 1 aliphatic rings. The van der Waals surface area contributed by atoms with Crippen molar-refractivity contribution in [3.05, 3.63) is 84.4 Å². The lowest BCUT2D eigenvalue weighted by Gasteiger charge is -2.25. The van der Waals surface area contributed by atoms with Crippen molar-refractivity contribution in [2.45, 2.75) is 51.6 Å². The molecule has 1 saturated heterocycles. The molecule has 0 radical (unpaired) electrons. The fourth-order valence-corrected chi connectivity index (χ4v) is 8.71. The molecule has 4 aromatic rings. The number of fused-ring (bicyclic) bond motifs is 1. The molecule has 3 heterocycles. The summed E-state index contributed by atoms with van der Waals surface area (Å²) in [7, 11) is -9.00. The van der Waals surface area contributed by atoms with Gasteiger partial charge in [0.2, 0.25) is 0 Å². The van der Waals surface area contributed by atoms with Crippen LogP contribution >= 0.6 is 15.2 Å². The summed E-state index contributed by atoms with van der Waals surface area (Å²) in [6.07, 6.45) is -2.37. The summed E-state index contributed by atoms with van der Waals surface area (Å²) in [5, 5.41) is 0. The normalized spacial score (nSPS) is 21.9. The molecule has 47 heavy (non-hydrogen) atoms. The third-order valence-electron chi connectivity index (χ3n) is 6.88. The molecular formula is C29H33N5O11P2. The number of hydrogen-bond acceptors (Lipinski definition) is 14. The lowest BCUT2D eigenvalue weighted by atomic mass is 10.1. The van der Waals surface area contributed by atoms with Crippen LogP contribution in [-0.2, 0) is 59.7 Å². The minimum atomic E-state index is -4.56. The second kappa shape index (κ2) is 14.8. The van der Waals surface area contributed by atoms with Crippen LogP contribution in [-0.4, -0.2) is 67.2 Å². The van der Waals surface area contributed by atoms with Crippen molar-refractivity contribution in [1.29, 1.82) is 0 Å². The number of anilines is 1. The Morgan fingerprint density at radius 3 is 2.09 bits per heavy atom. The number of nitrogens with two attached hydrogens (primary N) is 1. The topological polar surface area (TPSA) is 214 Å². The van der Waals surface area contributed by atoms with Gasteiger partial charge in [0, 0.05) is 13.8 Å². The van der Waals surface area contributed by atoms with Crippen LogP contribution in [0.1, 0.15) is 31.2 Å². The molecule has 2 aromatic carbocycles. The highest BCUT2D eigenvalue weighted by molar-refractivity contribution is 7.70. The summed E-state index contributed by atoms with van der Waals surface area (Å²) in [6.45, 7) is 1.28. The van der Waals surface area contributed by atoms with E-state index in [2.05, 4.69) is 15.0 Å². The van der Waals surface area contributed by atoms with Crippen molar-refractivity contribution >= 4 is 44.1 Å². The van der Waals surface area contributed by atoms with Crippen molar-refractivity contribution in [2.75, 3.05) is 18.2 Å². The van der Waals surface area contributed by atoms with E-state index in [4.69, 9.17) is 33.5 Å². The highest BCUT2D eigenvalue weighted by Crippen LogP contribution is 2.62. The monoisotopic (exact) mass is 689 g/mol.